The molecule has 11 heavy (non-hydrogen) atoms. The molecule has 0 aromatic rings. The third-order valence-corrected chi connectivity index (χ3v) is 2.01. The molecule has 1 aliphatic rings. The lowest BCUT2D eigenvalue weighted by Gasteiger charge is -2.14. The van der Waals surface area contributed by atoms with E-state index in [9.17, 15) is 5.11 Å². The molecule has 64 valence electrons. The lowest BCUT2D eigenvalue weighted by Crippen LogP contribution is -2.33. The normalized spacial score (nSPS) is 26.6. The van der Waals surface area contributed by atoms with Crippen molar-refractivity contribution in [3.05, 3.63) is 11.6 Å². The minimum absolute atomic E-state index is 0.289. The van der Waals surface area contributed by atoms with Crippen molar-refractivity contribution >= 4 is 0 Å². The average Bonchev–Trinajstić information content (AvgIpc) is 2.35. The van der Waals surface area contributed by atoms with E-state index in [-0.39, 0.29) is 6.10 Å². The summed E-state index contributed by atoms with van der Waals surface area (Å²) in [5.74, 6) is 0. The van der Waals surface area contributed by atoms with Crippen molar-refractivity contribution in [1.82, 2.24) is 5.32 Å². The van der Waals surface area contributed by atoms with Gasteiger partial charge in [0.15, 0.2) is 0 Å². The van der Waals surface area contributed by atoms with E-state index < -0.39 is 0 Å². The molecule has 0 aromatic carbocycles. The maximum Gasteiger partial charge on any atom is 0.0876 e. The van der Waals surface area contributed by atoms with Crippen LogP contribution < -0.4 is 5.32 Å². The standard InChI is InChI=1S/C9H17NO/c1-7(2)6-9(11)8-4-3-5-10-8/h6,8-11H,3-5H2,1-2H3. The molecule has 2 unspecified atom stereocenters. The zero-order valence-corrected chi connectivity index (χ0v) is 7.30. The Morgan fingerprint density at radius 2 is 2.36 bits per heavy atom. The smallest absolute Gasteiger partial charge is 0.0876 e. The number of nitrogens with one attached hydrogen (secondary N) is 1. The summed E-state index contributed by atoms with van der Waals surface area (Å²) in [6.45, 7) is 5.08. The fourth-order valence-corrected chi connectivity index (χ4v) is 1.46. The largest absolute Gasteiger partial charge is 0.387 e. The third-order valence-electron chi connectivity index (χ3n) is 2.01. The van der Waals surface area contributed by atoms with Crippen molar-refractivity contribution < 1.29 is 5.11 Å². The Hall–Kier alpha value is -0.340. The molecule has 1 heterocycles. The molecule has 2 N–H and O–H groups in total. The Balaban J connectivity index is 2.40. The maximum atomic E-state index is 9.58. The quantitative estimate of drug-likeness (QED) is 0.584. The second kappa shape index (κ2) is 3.88. The molecule has 0 amide bonds. The average molecular weight is 155 g/mol. The Morgan fingerprint density at radius 3 is 2.82 bits per heavy atom. The molecule has 2 nitrogen and oxygen atoms in total. The molecule has 0 aromatic heterocycles. The van der Waals surface area contributed by atoms with Gasteiger partial charge < -0.3 is 10.4 Å². The van der Waals surface area contributed by atoms with Crippen LogP contribution in [0.15, 0.2) is 11.6 Å². The summed E-state index contributed by atoms with van der Waals surface area (Å²) in [6, 6.07) is 0.296. The van der Waals surface area contributed by atoms with Gasteiger partial charge in [-0.1, -0.05) is 11.6 Å². The molecule has 1 saturated heterocycles. The molecule has 0 spiro atoms. The van der Waals surface area contributed by atoms with Crippen LogP contribution in [0.25, 0.3) is 0 Å². The molecular formula is C9H17NO. The van der Waals surface area contributed by atoms with E-state index >= 15 is 0 Å². The predicted molar refractivity (Wildman–Crippen MR) is 46.5 cm³/mol. The van der Waals surface area contributed by atoms with Gasteiger partial charge >= 0.3 is 0 Å². The molecule has 2 atom stereocenters. The number of hydrogen-bond acceptors (Lipinski definition) is 2. The zero-order chi connectivity index (χ0) is 8.27. The number of aliphatic hydroxyl groups is 1. The second-order valence-electron chi connectivity index (χ2n) is 3.44. The summed E-state index contributed by atoms with van der Waals surface area (Å²) in [5.41, 5.74) is 1.19. The van der Waals surface area contributed by atoms with Crippen molar-refractivity contribution in [1.29, 1.82) is 0 Å². The van der Waals surface area contributed by atoms with Gasteiger partial charge in [-0.15, -0.1) is 0 Å². The highest BCUT2D eigenvalue weighted by Gasteiger charge is 2.20. The summed E-state index contributed by atoms with van der Waals surface area (Å²) in [7, 11) is 0. The first-order valence-corrected chi connectivity index (χ1v) is 4.26. The van der Waals surface area contributed by atoms with E-state index in [4.69, 9.17) is 0 Å². The van der Waals surface area contributed by atoms with Gasteiger partial charge in [0.2, 0.25) is 0 Å². The summed E-state index contributed by atoms with van der Waals surface area (Å²) in [5, 5.41) is 12.8. The van der Waals surface area contributed by atoms with Gasteiger partial charge in [-0.05, 0) is 33.2 Å². The first-order chi connectivity index (χ1) is 5.20. The zero-order valence-electron chi connectivity index (χ0n) is 7.30. The topological polar surface area (TPSA) is 32.3 Å². The molecule has 1 rings (SSSR count). The van der Waals surface area contributed by atoms with Crippen molar-refractivity contribution in [3.8, 4) is 0 Å². The monoisotopic (exact) mass is 155 g/mol. The summed E-state index contributed by atoms with van der Waals surface area (Å²) in [6.07, 6.45) is 3.93. The molecule has 1 fully saturated rings. The Labute approximate surface area is 68.3 Å². The SMILES string of the molecule is CC(C)=CC(O)C1CCCN1. The van der Waals surface area contributed by atoms with Gasteiger partial charge in [0.1, 0.15) is 0 Å². The number of rotatable bonds is 2. The molecule has 0 radical (unpaired) electrons. The van der Waals surface area contributed by atoms with E-state index in [1.807, 2.05) is 19.9 Å². The maximum absolute atomic E-state index is 9.58. The lowest BCUT2D eigenvalue weighted by molar-refractivity contribution is 0.180. The fraction of sp³-hybridized carbons (Fsp3) is 0.778. The van der Waals surface area contributed by atoms with Crippen LogP contribution in [-0.2, 0) is 0 Å². The molecular weight excluding hydrogens is 138 g/mol. The summed E-state index contributed by atoms with van der Waals surface area (Å²) < 4.78 is 0. The van der Waals surface area contributed by atoms with Gasteiger partial charge in [0.25, 0.3) is 0 Å². The van der Waals surface area contributed by atoms with E-state index in [0.717, 1.165) is 13.0 Å². The van der Waals surface area contributed by atoms with E-state index in [1.165, 1.54) is 12.0 Å². The van der Waals surface area contributed by atoms with Crippen LogP contribution in [0.5, 0.6) is 0 Å². The van der Waals surface area contributed by atoms with Crippen molar-refractivity contribution in [3.63, 3.8) is 0 Å². The Bertz CT molecular complexity index is 144. The Kier molecular flexibility index (Phi) is 3.09. The first-order valence-electron chi connectivity index (χ1n) is 4.26. The predicted octanol–water partition coefficient (Wildman–Crippen LogP) is 1.07. The van der Waals surface area contributed by atoms with E-state index in [2.05, 4.69) is 5.32 Å². The van der Waals surface area contributed by atoms with Crippen LogP contribution in [0.2, 0.25) is 0 Å². The van der Waals surface area contributed by atoms with Crippen LogP contribution >= 0.6 is 0 Å². The fourth-order valence-electron chi connectivity index (χ4n) is 1.46. The number of allylic oxidation sites excluding steroid dienone is 1. The summed E-state index contributed by atoms with van der Waals surface area (Å²) in [4.78, 5) is 0. The van der Waals surface area contributed by atoms with Crippen molar-refractivity contribution in [2.24, 2.45) is 0 Å². The van der Waals surface area contributed by atoms with E-state index in [1.54, 1.807) is 0 Å². The summed E-state index contributed by atoms with van der Waals surface area (Å²) >= 11 is 0. The lowest BCUT2D eigenvalue weighted by atomic mass is 10.1. The minimum atomic E-state index is -0.289. The van der Waals surface area contributed by atoms with Crippen molar-refractivity contribution in [2.45, 2.75) is 38.8 Å². The van der Waals surface area contributed by atoms with Crippen LogP contribution in [0, 0.1) is 0 Å². The van der Waals surface area contributed by atoms with Crippen LogP contribution in [0.1, 0.15) is 26.7 Å². The van der Waals surface area contributed by atoms with Gasteiger partial charge in [-0.25, -0.2) is 0 Å². The van der Waals surface area contributed by atoms with Crippen LogP contribution in [0.4, 0.5) is 0 Å². The van der Waals surface area contributed by atoms with Gasteiger partial charge in [-0.3, -0.25) is 0 Å². The molecule has 0 aliphatic carbocycles. The number of hydrogen-bond donors (Lipinski definition) is 2. The Morgan fingerprint density at radius 1 is 1.64 bits per heavy atom. The highest BCUT2D eigenvalue weighted by molar-refractivity contribution is 5.02. The highest BCUT2D eigenvalue weighted by Crippen LogP contribution is 2.11. The van der Waals surface area contributed by atoms with Gasteiger partial charge in [0, 0.05) is 6.04 Å². The van der Waals surface area contributed by atoms with Crippen LogP contribution in [0.3, 0.4) is 0 Å². The van der Waals surface area contributed by atoms with Gasteiger partial charge in [-0.2, -0.15) is 0 Å². The van der Waals surface area contributed by atoms with Crippen molar-refractivity contribution in [2.75, 3.05) is 6.54 Å². The molecule has 0 bridgehead atoms. The molecule has 1 aliphatic heterocycles. The third kappa shape index (κ3) is 2.64. The minimum Gasteiger partial charge on any atom is -0.387 e. The first kappa shape index (κ1) is 8.75. The molecule has 0 saturated carbocycles. The van der Waals surface area contributed by atoms with Gasteiger partial charge in [0.05, 0.1) is 6.10 Å². The number of aliphatic hydroxyl groups excluding tert-OH is 1. The second-order valence-corrected chi connectivity index (χ2v) is 3.44. The van der Waals surface area contributed by atoms with Crippen LogP contribution in [-0.4, -0.2) is 23.8 Å². The van der Waals surface area contributed by atoms with E-state index in [0.29, 0.717) is 6.04 Å². The molecule has 2 heteroatoms. The highest BCUT2D eigenvalue weighted by atomic mass is 16.3.